The molecule has 23 heavy (non-hydrogen) atoms. The molecule has 0 saturated heterocycles. The quantitative estimate of drug-likeness (QED) is 0.636. The van der Waals surface area contributed by atoms with Crippen molar-refractivity contribution in [2.75, 3.05) is 7.11 Å². The Morgan fingerprint density at radius 3 is 2.57 bits per heavy atom. The molecule has 0 aliphatic carbocycles. The van der Waals surface area contributed by atoms with Crippen molar-refractivity contribution in [2.45, 2.75) is 4.90 Å². The Kier molecular flexibility index (Phi) is 3.99. The van der Waals surface area contributed by atoms with E-state index in [9.17, 15) is 13.2 Å². The lowest BCUT2D eigenvalue weighted by Gasteiger charge is -2.10. The molecule has 118 valence electrons. The number of fused-ring (bicyclic) bond motifs is 1. The van der Waals surface area contributed by atoms with Crippen molar-refractivity contribution in [1.29, 1.82) is 0 Å². The number of para-hydroxylation sites is 1. The van der Waals surface area contributed by atoms with Gasteiger partial charge in [-0.15, -0.1) is 0 Å². The van der Waals surface area contributed by atoms with Crippen LogP contribution in [0.15, 0.2) is 58.0 Å². The number of rotatable bonds is 4. The van der Waals surface area contributed by atoms with Gasteiger partial charge < -0.3 is 4.74 Å². The third-order valence-electron chi connectivity index (χ3n) is 3.51. The monoisotopic (exact) mass is 393 g/mol. The molecule has 2 aromatic carbocycles. The minimum Gasteiger partial charge on any atom is -0.497 e. The summed E-state index contributed by atoms with van der Waals surface area (Å²) in [6.45, 7) is 0. The van der Waals surface area contributed by atoms with Crippen molar-refractivity contribution in [2.24, 2.45) is 0 Å². The Morgan fingerprint density at radius 1 is 1.17 bits per heavy atom. The van der Waals surface area contributed by atoms with Gasteiger partial charge in [-0.05, 0) is 40.2 Å². The highest BCUT2D eigenvalue weighted by Gasteiger charge is 2.23. The van der Waals surface area contributed by atoms with E-state index in [-0.39, 0.29) is 4.90 Å². The lowest BCUT2D eigenvalue weighted by Crippen LogP contribution is -2.12. The molecule has 3 rings (SSSR count). The van der Waals surface area contributed by atoms with Crippen molar-refractivity contribution in [3.8, 4) is 5.75 Å². The summed E-state index contributed by atoms with van der Waals surface area (Å²) in [7, 11) is -2.35. The van der Waals surface area contributed by atoms with E-state index in [1.807, 2.05) is 0 Å². The van der Waals surface area contributed by atoms with Gasteiger partial charge in [0.15, 0.2) is 6.29 Å². The molecule has 3 aromatic rings. The minimum atomic E-state index is -3.86. The molecule has 5 nitrogen and oxygen atoms in total. The molecule has 0 saturated carbocycles. The first kappa shape index (κ1) is 15.8. The van der Waals surface area contributed by atoms with Crippen LogP contribution < -0.4 is 4.74 Å². The molecule has 0 aliphatic heterocycles. The van der Waals surface area contributed by atoms with Crippen LogP contribution in [0.2, 0.25) is 0 Å². The van der Waals surface area contributed by atoms with E-state index >= 15 is 0 Å². The first-order chi connectivity index (χ1) is 11.0. The van der Waals surface area contributed by atoms with Crippen molar-refractivity contribution >= 4 is 43.1 Å². The normalized spacial score (nSPS) is 11.6. The van der Waals surface area contributed by atoms with Gasteiger partial charge >= 0.3 is 0 Å². The van der Waals surface area contributed by atoms with E-state index in [1.54, 1.807) is 36.4 Å². The second kappa shape index (κ2) is 5.82. The number of hydrogen-bond donors (Lipinski definition) is 0. The number of nitrogens with zero attached hydrogens (tertiary/aromatic N) is 1. The molecule has 7 heteroatoms. The molecule has 0 unspecified atom stereocenters. The van der Waals surface area contributed by atoms with Gasteiger partial charge in [0, 0.05) is 21.6 Å². The Labute approximate surface area is 141 Å². The molecule has 0 bridgehead atoms. The Hall–Kier alpha value is -2.12. The summed E-state index contributed by atoms with van der Waals surface area (Å²) in [5.41, 5.74) is 0.783. The van der Waals surface area contributed by atoms with Gasteiger partial charge in [0.25, 0.3) is 10.0 Å². The summed E-state index contributed by atoms with van der Waals surface area (Å²) < 4.78 is 32.5. The van der Waals surface area contributed by atoms with Crippen LogP contribution in [0.25, 0.3) is 10.9 Å². The van der Waals surface area contributed by atoms with E-state index in [2.05, 4.69) is 15.9 Å². The van der Waals surface area contributed by atoms with E-state index in [1.165, 1.54) is 19.4 Å². The fraction of sp³-hybridized carbons (Fsp3) is 0.0625. The number of methoxy groups -OCH3 is 1. The Balaban J connectivity index is 2.27. The second-order valence-corrected chi connectivity index (χ2v) is 7.45. The molecule has 0 fully saturated rings. The predicted octanol–water partition coefficient (Wildman–Crippen LogP) is 3.46. The lowest BCUT2D eigenvalue weighted by molar-refractivity contribution is 0.112. The van der Waals surface area contributed by atoms with Gasteiger partial charge in [-0.1, -0.05) is 18.2 Å². The summed E-state index contributed by atoms with van der Waals surface area (Å²) in [6.07, 6.45) is 1.99. The average molecular weight is 394 g/mol. The van der Waals surface area contributed by atoms with Crippen molar-refractivity contribution in [3.63, 3.8) is 0 Å². The fourth-order valence-electron chi connectivity index (χ4n) is 2.39. The highest BCUT2D eigenvalue weighted by atomic mass is 79.9. The number of ether oxygens (including phenoxy) is 1. The SMILES string of the molecule is COc1ccc(S(=O)(=O)n2cc(C=O)c3ccccc32)c(Br)c1. The minimum absolute atomic E-state index is 0.0940. The summed E-state index contributed by atoms with van der Waals surface area (Å²) >= 11 is 3.27. The second-order valence-electron chi connectivity index (χ2n) is 4.82. The molecule has 0 amide bonds. The Morgan fingerprint density at radius 2 is 1.91 bits per heavy atom. The summed E-state index contributed by atoms with van der Waals surface area (Å²) in [6, 6.07) is 11.5. The molecule has 0 radical (unpaired) electrons. The summed E-state index contributed by atoms with van der Waals surface area (Å²) in [5, 5.41) is 0.593. The summed E-state index contributed by atoms with van der Waals surface area (Å²) in [5.74, 6) is 0.543. The molecule has 1 heterocycles. The van der Waals surface area contributed by atoms with Crippen molar-refractivity contribution in [1.82, 2.24) is 3.97 Å². The van der Waals surface area contributed by atoms with Gasteiger partial charge in [-0.3, -0.25) is 4.79 Å². The van der Waals surface area contributed by atoms with Crippen LogP contribution in [0.3, 0.4) is 0 Å². The van der Waals surface area contributed by atoms with Crippen LogP contribution in [0.1, 0.15) is 10.4 Å². The van der Waals surface area contributed by atoms with E-state index in [4.69, 9.17) is 4.74 Å². The Bertz CT molecular complexity index is 1010. The van der Waals surface area contributed by atoms with Crippen LogP contribution in [0, 0.1) is 0 Å². The molecular weight excluding hydrogens is 382 g/mol. The van der Waals surface area contributed by atoms with Gasteiger partial charge in [-0.25, -0.2) is 12.4 Å². The van der Waals surface area contributed by atoms with Crippen LogP contribution in [0.5, 0.6) is 5.75 Å². The first-order valence-electron chi connectivity index (χ1n) is 6.63. The highest BCUT2D eigenvalue weighted by molar-refractivity contribution is 9.10. The van der Waals surface area contributed by atoms with Crippen LogP contribution in [-0.4, -0.2) is 25.8 Å². The van der Waals surface area contributed by atoms with Gasteiger partial charge in [0.05, 0.1) is 12.6 Å². The zero-order valence-corrected chi connectivity index (χ0v) is 14.5. The topological polar surface area (TPSA) is 65.4 Å². The third-order valence-corrected chi connectivity index (χ3v) is 6.16. The van der Waals surface area contributed by atoms with E-state index in [0.717, 1.165) is 3.97 Å². The van der Waals surface area contributed by atoms with Crippen molar-refractivity contribution < 1.29 is 17.9 Å². The molecule has 0 atom stereocenters. The third kappa shape index (κ3) is 2.55. The molecule has 0 spiro atoms. The van der Waals surface area contributed by atoms with E-state index < -0.39 is 10.0 Å². The molecule has 1 aromatic heterocycles. The largest absolute Gasteiger partial charge is 0.497 e. The maximum absolute atomic E-state index is 13.0. The molecular formula is C16H12BrNO4S. The highest BCUT2D eigenvalue weighted by Crippen LogP contribution is 2.31. The zero-order chi connectivity index (χ0) is 16.6. The maximum atomic E-state index is 13.0. The van der Waals surface area contributed by atoms with Crippen molar-refractivity contribution in [3.05, 3.63) is 58.7 Å². The zero-order valence-electron chi connectivity index (χ0n) is 12.1. The molecule has 0 N–H and O–H groups in total. The first-order valence-corrected chi connectivity index (χ1v) is 8.86. The number of carbonyl (C=O) groups is 1. The van der Waals surface area contributed by atoms with Gasteiger partial charge in [0.1, 0.15) is 10.6 Å². The number of benzene rings is 2. The van der Waals surface area contributed by atoms with Gasteiger partial charge in [-0.2, -0.15) is 0 Å². The van der Waals surface area contributed by atoms with Crippen LogP contribution in [0.4, 0.5) is 0 Å². The summed E-state index contributed by atoms with van der Waals surface area (Å²) in [4.78, 5) is 11.3. The van der Waals surface area contributed by atoms with Gasteiger partial charge in [0.2, 0.25) is 0 Å². The predicted molar refractivity (Wildman–Crippen MR) is 90.6 cm³/mol. The maximum Gasteiger partial charge on any atom is 0.269 e. The number of hydrogen-bond acceptors (Lipinski definition) is 4. The smallest absolute Gasteiger partial charge is 0.269 e. The number of halogens is 1. The number of aromatic nitrogens is 1. The standard InChI is InChI=1S/C16H12BrNO4S/c1-22-12-6-7-16(14(17)8-12)23(20,21)18-9-11(10-19)13-4-2-3-5-15(13)18/h2-10H,1H3. The lowest BCUT2D eigenvalue weighted by atomic mass is 10.2. The van der Waals surface area contributed by atoms with Crippen LogP contribution in [-0.2, 0) is 10.0 Å². The molecule has 0 aliphatic rings. The number of aldehydes is 1. The fourth-order valence-corrected chi connectivity index (χ4v) is 4.79. The van der Waals surface area contributed by atoms with E-state index in [0.29, 0.717) is 33.0 Å². The number of carbonyl (C=O) groups excluding carboxylic acids is 1. The van der Waals surface area contributed by atoms with Crippen LogP contribution >= 0.6 is 15.9 Å². The average Bonchev–Trinajstić information content (AvgIpc) is 2.94.